The maximum Gasteiger partial charge on any atom is 0.314 e. The maximum absolute atomic E-state index is 10.8. The number of likely N-dealkylation sites (tertiary alicyclic amines) is 1. The standard InChI is InChI=1S/C9H16N2O4/c10-9(14)11-4-1-7(2-5-11)15-6-3-8(12)13/h7H,1-6H2,(H2,10,14)(H,12,13). The van der Waals surface area contributed by atoms with E-state index in [9.17, 15) is 9.59 Å². The van der Waals surface area contributed by atoms with E-state index >= 15 is 0 Å². The van der Waals surface area contributed by atoms with Crippen LogP contribution in [0.5, 0.6) is 0 Å². The molecule has 6 nitrogen and oxygen atoms in total. The van der Waals surface area contributed by atoms with Gasteiger partial charge in [0.05, 0.1) is 19.1 Å². The molecule has 0 spiro atoms. The van der Waals surface area contributed by atoms with Crippen molar-refractivity contribution in [2.45, 2.75) is 25.4 Å². The second-order valence-electron chi connectivity index (χ2n) is 3.54. The minimum atomic E-state index is -0.857. The van der Waals surface area contributed by atoms with Crippen LogP contribution in [0.3, 0.4) is 0 Å². The van der Waals surface area contributed by atoms with E-state index < -0.39 is 12.0 Å². The van der Waals surface area contributed by atoms with E-state index in [1.165, 1.54) is 0 Å². The fourth-order valence-corrected chi connectivity index (χ4v) is 1.56. The summed E-state index contributed by atoms with van der Waals surface area (Å²) < 4.78 is 5.36. The second kappa shape index (κ2) is 5.55. The molecule has 0 aliphatic carbocycles. The molecule has 1 heterocycles. The lowest BCUT2D eigenvalue weighted by Crippen LogP contribution is -2.43. The number of urea groups is 1. The summed E-state index contributed by atoms with van der Waals surface area (Å²) >= 11 is 0. The zero-order valence-electron chi connectivity index (χ0n) is 8.52. The Morgan fingerprint density at radius 1 is 1.40 bits per heavy atom. The number of hydrogen-bond donors (Lipinski definition) is 2. The van der Waals surface area contributed by atoms with Crippen molar-refractivity contribution in [1.82, 2.24) is 4.90 Å². The van der Waals surface area contributed by atoms with Gasteiger partial charge in [-0.3, -0.25) is 4.79 Å². The van der Waals surface area contributed by atoms with Gasteiger partial charge in [0.1, 0.15) is 0 Å². The Morgan fingerprint density at radius 3 is 2.47 bits per heavy atom. The Hall–Kier alpha value is -1.30. The molecular formula is C9H16N2O4. The van der Waals surface area contributed by atoms with Gasteiger partial charge in [0.15, 0.2) is 0 Å². The highest BCUT2D eigenvalue weighted by atomic mass is 16.5. The number of carboxylic acids is 1. The number of nitrogens with two attached hydrogens (primary N) is 1. The zero-order chi connectivity index (χ0) is 11.3. The van der Waals surface area contributed by atoms with Gasteiger partial charge in [-0.15, -0.1) is 0 Å². The van der Waals surface area contributed by atoms with E-state index in [0.717, 1.165) is 12.8 Å². The van der Waals surface area contributed by atoms with Crippen molar-refractivity contribution in [2.24, 2.45) is 5.73 Å². The van der Waals surface area contributed by atoms with Gasteiger partial charge in [-0.1, -0.05) is 0 Å². The van der Waals surface area contributed by atoms with Crippen LogP contribution in [0.4, 0.5) is 4.79 Å². The van der Waals surface area contributed by atoms with Crippen LogP contribution in [0.25, 0.3) is 0 Å². The molecule has 0 bridgehead atoms. The summed E-state index contributed by atoms with van der Waals surface area (Å²) in [6.07, 6.45) is 1.53. The Morgan fingerprint density at radius 2 is 2.00 bits per heavy atom. The molecule has 6 heteroatoms. The number of hydrogen-bond acceptors (Lipinski definition) is 3. The minimum absolute atomic E-state index is 0.0238. The molecule has 1 saturated heterocycles. The Bertz CT molecular complexity index is 234. The molecule has 86 valence electrons. The summed E-state index contributed by atoms with van der Waals surface area (Å²) in [4.78, 5) is 22.6. The summed E-state index contributed by atoms with van der Waals surface area (Å²) in [5.41, 5.74) is 5.12. The molecule has 0 atom stereocenters. The third-order valence-electron chi connectivity index (χ3n) is 2.42. The number of ether oxygens (including phenoxy) is 1. The average molecular weight is 216 g/mol. The van der Waals surface area contributed by atoms with Crippen molar-refractivity contribution in [3.63, 3.8) is 0 Å². The molecule has 15 heavy (non-hydrogen) atoms. The number of primary amides is 1. The molecule has 1 fully saturated rings. The van der Waals surface area contributed by atoms with Crippen LogP contribution in [-0.4, -0.2) is 47.8 Å². The summed E-state index contributed by atoms with van der Waals surface area (Å²) in [5.74, 6) is -0.857. The summed E-state index contributed by atoms with van der Waals surface area (Å²) in [5, 5.41) is 8.41. The van der Waals surface area contributed by atoms with E-state index in [1.54, 1.807) is 4.90 Å². The Labute approximate surface area is 88.0 Å². The largest absolute Gasteiger partial charge is 0.481 e. The number of aliphatic carboxylic acids is 1. The van der Waals surface area contributed by atoms with Crippen LogP contribution >= 0.6 is 0 Å². The molecule has 2 amide bonds. The Balaban J connectivity index is 2.14. The predicted octanol–water partition coefficient (Wildman–Crippen LogP) is 0.0208. The Kier molecular flexibility index (Phi) is 4.36. The molecule has 1 aliphatic rings. The normalized spacial score (nSPS) is 17.7. The van der Waals surface area contributed by atoms with Crippen molar-refractivity contribution in [3.05, 3.63) is 0 Å². The van der Waals surface area contributed by atoms with Gasteiger partial charge in [-0.2, -0.15) is 0 Å². The number of piperidine rings is 1. The van der Waals surface area contributed by atoms with Gasteiger partial charge >= 0.3 is 12.0 Å². The third kappa shape index (κ3) is 4.16. The first-order chi connectivity index (χ1) is 7.09. The van der Waals surface area contributed by atoms with Gasteiger partial charge in [-0.05, 0) is 12.8 Å². The van der Waals surface area contributed by atoms with Crippen molar-refractivity contribution < 1.29 is 19.4 Å². The van der Waals surface area contributed by atoms with Crippen molar-refractivity contribution in [2.75, 3.05) is 19.7 Å². The smallest absolute Gasteiger partial charge is 0.314 e. The average Bonchev–Trinajstić information content (AvgIpc) is 2.18. The minimum Gasteiger partial charge on any atom is -0.481 e. The molecule has 0 radical (unpaired) electrons. The first-order valence-electron chi connectivity index (χ1n) is 4.97. The number of carbonyl (C=O) groups excluding carboxylic acids is 1. The highest BCUT2D eigenvalue weighted by Gasteiger charge is 2.21. The second-order valence-corrected chi connectivity index (χ2v) is 3.54. The third-order valence-corrected chi connectivity index (χ3v) is 2.42. The van der Waals surface area contributed by atoms with Gasteiger partial charge < -0.3 is 20.5 Å². The molecule has 1 rings (SSSR count). The topological polar surface area (TPSA) is 92.9 Å². The number of carboxylic acid groups (broad SMARTS) is 1. The van der Waals surface area contributed by atoms with Crippen LogP contribution < -0.4 is 5.73 Å². The van der Waals surface area contributed by atoms with E-state index in [4.69, 9.17) is 15.6 Å². The first-order valence-corrected chi connectivity index (χ1v) is 4.97. The number of carbonyl (C=O) groups is 2. The highest BCUT2D eigenvalue weighted by Crippen LogP contribution is 2.13. The first kappa shape index (κ1) is 11.8. The fourth-order valence-electron chi connectivity index (χ4n) is 1.56. The zero-order valence-corrected chi connectivity index (χ0v) is 8.52. The predicted molar refractivity (Wildman–Crippen MR) is 52.4 cm³/mol. The van der Waals surface area contributed by atoms with Crippen molar-refractivity contribution >= 4 is 12.0 Å². The van der Waals surface area contributed by atoms with Crippen molar-refractivity contribution in [3.8, 4) is 0 Å². The fraction of sp³-hybridized carbons (Fsp3) is 0.778. The summed E-state index contributed by atoms with van der Waals surface area (Å²) in [6.45, 7) is 1.41. The van der Waals surface area contributed by atoms with Crippen LogP contribution in [0.2, 0.25) is 0 Å². The van der Waals surface area contributed by atoms with Gasteiger partial charge in [0.2, 0.25) is 0 Å². The summed E-state index contributed by atoms with van der Waals surface area (Å²) in [7, 11) is 0. The number of rotatable bonds is 4. The van der Waals surface area contributed by atoms with Crippen molar-refractivity contribution in [1.29, 1.82) is 0 Å². The van der Waals surface area contributed by atoms with Gasteiger partial charge in [0, 0.05) is 13.1 Å². The van der Waals surface area contributed by atoms with E-state index in [0.29, 0.717) is 13.1 Å². The van der Waals surface area contributed by atoms with E-state index in [1.807, 2.05) is 0 Å². The highest BCUT2D eigenvalue weighted by molar-refractivity contribution is 5.72. The van der Waals surface area contributed by atoms with E-state index in [-0.39, 0.29) is 19.1 Å². The SMILES string of the molecule is NC(=O)N1CCC(OCCC(=O)O)CC1. The lowest BCUT2D eigenvalue weighted by molar-refractivity contribution is -0.138. The molecule has 0 aromatic rings. The molecule has 0 aromatic heterocycles. The molecule has 0 aromatic carbocycles. The molecule has 0 unspecified atom stereocenters. The molecular weight excluding hydrogens is 200 g/mol. The van der Waals surface area contributed by atoms with E-state index in [2.05, 4.69) is 0 Å². The molecule has 0 saturated carbocycles. The molecule has 3 N–H and O–H groups in total. The van der Waals surface area contributed by atoms with Crippen LogP contribution in [0.1, 0.15) is 19.3 Å². The quantitative estimate of drug-likeness (QED) is 0.692. The lowest BCUT2D eigenvalue weighted by Gasteiger charge is -2.30. The van der Waals surface area contributed by atoms with Gasteiger partial charge in [0.25, 0.3) is 0 Å². The maximum atomic E-state index is 10.8. The van der Waals surface area contributed by atoms with Gasteiger partial charge in [-0.25, -0.2) is 4.79 Å². The monoisotopic (exact) mass is 216 g/mol. The number of nitrogens with zero attached hydrogens (tertiary/aromatic N) is 1. The number of amides is 2. The van der Waals surface area contributed by atoms with Crippen LogP contribution in [0.15, 0.2) is 0 Å². The molecule has 1 aliphatic heterocycles. The van der Waals surface area contributed by atoms with Crippen LogP contribution in [-0.2, 0) is 9.53 Å². The lowest BCUT2D eigenvalue weighted by atomic mass is 10.1. The van der Waals surface area contributed by atoms with Crippen LogP contribution in [0, 0.1) is 0 Å². The summed E-state index contributed by atoms with van der Waals surface area (Å²) in [6, 6.07) is -0.404.